The summed E-state index contributed by atoms with van der Waals surface area (Å²) in [7, 11) is 1.56. The van der Waals surface area contributed by atoms with Crippen molar-refractivity contribution in [2.45, 2.75) is 6.92 Å². The van der Waals surface area contributed by atoms with Crippen LogP contribution in [0.4, 0.5) is 5.69 Å². The van der Waals surface area contributed by atoms with Crippen LogP contribution in [0.15, 0.2) is 47.6 Å². The van der Waals surface area contributed by atoms with Gasteiger partial charge >= 0.3 is 0 Å². The molecule has 2 aromatic carbocycles. The Morgan fingerprint density at radius 2 is 2.00 bits per heavy atom. The monoisotopic (exact) mass is 331 g/mol. The van der Waals surface area contributed by atoms with Gasteiger partial charge in [-0.1, -0.05) is 29.3 Å². The first-order chi connectivity index (χ1) is 11.1. The molecule has 0 spiro atoms. The summed E-state index contributed by atoms with van der Waals surface area (Å²) < 4.78 is 5.20. The fourth-order valence-electron chi connectivity index (χ4n) is 1.87. The summed E-state index contributed by atoms with van der Waals surface area (Å²) in [6.07, 6.45) is 1.49. The average Bonchev–Trinajstić information content (AvgIpc) is 2.54. The molecule has 2 rings (SSSR count). The average molecular weight is 332 g/mol. The summed E-state index contributed by atoms with van der Waals surface area (Å²) in [5.74, 6) is 0.382. The minimum atomic E-state index is -0.247. The van der Waals surface area contributed by atoms with E-state index in [0.29, 0.717) is 16.3 Å². The molecule has 23 heavy (non-hydrogen) atoms. The Morgan fingerprint density at radius 3 is 2.70 bits per heavy atom. The second-order valence-corrected chi connectivity index (χ2v) is 5.34. The van der Waals surface area contributed by atoms with Gasteiger partial charge in [0.25, 0.3) is 5.91 Å². The maximum Gasteiger partial charge on any atom is 0.259 e. The maximum atomic E-state index is 11.8. The molecule has 0 atom stereocenters. The number of ether oxygens (including phenoxy) is 1. The molecule has 120 valence electrons. The topological polar surface area (TPSA) is 62.7 Å². The molecule has 2 N–H and O–H groups in total. The second-order valence-electron chi connectivity index (χ2n) is 4.90. The number of hydrogen-bond acceptors (Lipinski definition) is 4. The van der Waals surface area contributed by atoms with E-state index in [4.69, 9.17) is 16.3 Å². The number of amides is 1. The van der Waals surface area contributed by atoms with Crippen molar-refractivity contribution in [3.63, 3.8) is 0 Å². The number of aryl methyl sites for hydroxylation is 1. The number of methoxy groups -OCH3 is 1. The van der Waals surface area contributed by atoms with Gasteiger partial charge < -0.3 is 10.1 Å². The molecule has 6 heteroatoms. The van der Waals surface area contributed by atoms with E-state index in [1.165, 1.54) is 11.8 Å². The molecule has 0 radical (unpaired) electrons. The molecule has 0 heterocycles. The number of hydrazone groups is 1. The minimum absolute atomic E-state index is 0.132. The molecule has 2 aromatic rings. The van der Waals surface area contributed by atoms with Crippen molar-refractivity contribution in [2.75, 3.05) is 19.0 Å². The number of carbonyl (C=O) groups is 1. The Bertz CT molecular complexity index is 699. The van der Waals surface area contributed by atoms with E-state index in [0.717, 1.165) is 5.69 Å². The molecular formula is C17H18ClN3O2. The predicted molar refractivity (Wildman–Crippen MR) is 93.4 cm³/mol. The molecule has 0 aromatic heterocycles. The molecular weight excluding hydrogens is 314 g/mol. The predicted octanol–water partition coefficient (Wildman–Crippen LogP) is 3.22. The molecule has 0 saturated carbocycles. The largest absolute Gasteiger partial charge is 0.496 e. The van der Waals surface area contributed by atoms with Crippen LogP contribution in [0.2, 0.25) is 5.02 Å². The maximum absolute atomic E-state index is 11.8. The smallest absolute Gasteiger partial charge is 0.259 e. The van der Waals surface area contributed by atoms with Crippen LogP contribution in [0, 0.1) is 6.92 Å². The van der Waals surface area contributed by atoms with Crippen LogP contribution in [0.25, 0.3) is 0 Å². The number of rotatable bonds is 6. The zero-order valence-electron chi connectivity index (χ0n) is 13.0. The van der Waals surface area contributed by atoms with E-state index in [2.05, 4.69) is 15.8 Å². The van der Waals surface area contributed by atoms with Crippen molar-refractivity contribution in [2.24, 2.45) is 5.10 Å². The van der Waals surface area contributed by atoms with E-state index in [-0.39, 0.29) is 12.5 Å². The Morgan fingerprint density at radius 1 is 1.26 bits per heavy atom. The van der Waals surface area contributed by atoms with Gasteiger partial charge in [0, 0.05) is 16.3 Å². The quantitative estimate of drug-likeness (QED) is 0.631. The number of nitrogens with one attached hydrogen (secondary N) is 2. The molecule has 0 aliphatic carbocycles. The lowest BCUT2D eigenvalue weighted by Crippen LogP contribution is -2.25. The summed E-state index contributed by atoms with van der Waals surface area (Å²) in [6, 6.07) is 13.0. The normalized spacial score (nSPS) is 10.6. The summed E-state index contributed by atoms with van der Waals surface area (Å²) >= 11 is 5.93. The van der Waals surface area contributed by atoms with Crippen molar-refractivity contribution in [1.82, 2.24) is 5.43 Å². The lowest BCUT2D eigenvalue weighted by atomic mass is 10.2. The molecule has 0 saturated heterocycles. The number of nitrogens with zero attached hydrogens (tertiary/aromatic N) is 1. The standard InChI is InChI=1S/C17H18ClN3O2/c1-12-3-6-15(7-4-12)19-11-17(22)21-20-10-13-9-14(18)5-8-16(13)23-2/h3-10,19H,11H2,1-2H3,(H,21,22)/b20-10-. The molecule has 0 fully saturated rings. The van der Waals surface area contributed by atoms with Crippen LogP contribution in [0.1, 0.15) is 11.1 Å². The fourth-order valence-corrected chi connectivity index (χ4v) is 2.05. The van der Waals surface area contributed by atoms with Gasteiger partial charge in [-0.2, -0.15) is 5.10 Å². The van der Waals surface area contributed by atoms with Gasteiger partial charge in [0.15, 0.2) is 0 Å². The van der Waals surface area contributed by atoms with Crippen LogP contribution in [-0.2, 0) is 4.79 Å². The summed E-state index contributed by atoms with van der Waals surface area (Å²) in [5.41, 5.74) is 5.19. The van der Waals surface area contributed by atoms with Crippen molar-refractivity contribution >= 4 is 29.4 Å². The lowest BCUT2D eigenvalue weighted by Gasteiger charge is -2.06. The Kier molecular flexibility index (Phi) is 6.00. The van der Waals surface area contributed by atoms with Crippen LogP contribution in [0.5, 0.6) is 5.75 Å². The van der Waals surface area contributed by atoms with Gasteiger partial charge in [0.1, 0.15) is 5.75 Å². The Hall–Kier alpha value is -2.53. The fraction of sp³-hybridized carbons (Fsp3) is 0.176. The number of benzene rings is 2. The number of halogens is 1. The Labute approximate surface area is 140 Å². The van der Waals surface area contributed by atoms with Gasteiger partial charge in [0.05, 0.1) is 19.9 Å². The first kappa shape index (κ1) is 16.8. The van der Waals surface area contributed by atoms with Crippen molar-refractivity contribution in [1.29, 1.82) is 0 Å². The van der Waals surface area contributed by atoms with Gasteiger partial charge in [-0.3, -0.25) is 4.79 Å². The number of carbonyl (C=O) groups excluding carboxylic acids is 1. The van der Waals surface area contributed by atoms with E-state index in [1.807, 2.05) is 31.2 Å². The van der Waals surface area contributed by atoms with Gasteiger partial charge in [0.2, 0.25) is 0 Å². The van der Waals surface area contributed by atoms with Crippen molar-refractivity contribution in [3.8, 4) is 5.75 Å². The zero-order chi connectivity index (χ0) is 16.7. The van der Waals surface area contributed by atoms with Crippen LogP contribution < -0.4 is 15.5 Å². The SMILES string of the molecule is COc1ccc(Cl)cc1/C=N\NC(=O)CNc1ccc(C)cc1. The van der Waals surface area contributed by atoms with Gasteiger partial charge in [-0.15, -0.1) is 0 Å². The first-order valence-electron chi connectivity index (χ1n) is 7.04. The van der Waals surface area contributed by atoms with Crippen molar-refractivity contribution in [3.05, 3.63) is 58.6 Å². The lowest BCUT2D eigenvalue weighted by molar-refractivity contribution is -0.119. The van der Waals surface area contributed by atoms with E-state index >= 15 is 0 Å². The van der Waals surface area contributed by atoms with E-state index in [1.54, 1.807) is 25.3 Å². The molecule has 0 bridgehead atoms. The molecule has 0 aliphatic heterocycles. The molecule has 5 nitrogen and oxygen atoms in total. The van der Waals surface area contributed by atoms with E-state index < -0.39 is 0 Å². The van der Waals surface area contributed by atoms with Crippen LogP contribution in [-0.4, -0.2) is 25.8 Å². The highest BCUT2D eigenvalue weighted by atomic mass is 35.5. The number of anilines is 1. The van der Waals surface area contributed by atoms with Gasteiger partial charge in [-0.25, -0.2) is 5.43 Å². The highest BCUT2D eigenvalue weighted by Gasteiger charge is 2.02. The second kappa shape index (κ2) is 8.19. The van der Waals surface area contributed by atoms with E-state index in [9.17, 15) is 4.79 Å². The summed E-state index contributed by atoms with van der Waals surface area (Å²) in [4.78, 5) is 11.8. The summed E-state index contributed by atoms with van der Waals surface area (Å²) in [6.45, 7) is 2.14. The third-order valence-corrected chi connectivity index (χ3v) is 3.32. The minimum Gasteiger partial charge on any atom is -0.496 e. The summed E-state index contributed by atoms with van der Waals surface area (Å²) in [5, 5.41) is 7.50. The molecule has 0 aliphatic rings. The molecule has 1 amide bonds. The highest BCUT2D eigenvalue weighted by Crippen LogP contribution is 2.20. The third kappa shape index (κ3) is 5.30. The Balaban J connectivity index is 1.86. The third-order valence-electron chi connectivity index (χ3n) is 3.09. The van der Waals surface area contributed by atoms with Crippen LogP contribution >= 0.6 is 11.6 Å². The zero-order valence-corrected chi connectivity index (χ0v) is 13.7. The number of hydrogen-bond donors (Lipinski definition) is 2. The van der Waals surface area contributed by atoms with Gasteiger partial charge in [-0.05, 0) is 37.3 Å². The highest BCUT2D eigenvalue weighted by molar-refractivity contribution is 6.30. The van der Waals surface area contributed by atoms with Crippen LogP contribution in [0.3, 0.4) is 0 Å². The first-order valence-corrected chi connectivity index (χ1v) is 7.42. The molecule has 0 unspecified atom stereocenters. The van der Waals surface area contributed by atoms with Crippen molar-refractivity contribution < 1.29 is 9.53 Å².